The van der Waals surface area contributed by atoms with Gasteiger partial charge in [-0.1, -0.05) is 48.2 Å². The van der Waals surface area contributed by atoms with Crippen molar-refractivity contribution in [3.8, 4) is 0 Å². The molecule has 0 saturated heterocycles. The third kappa shape index (κ3) is 4.04. The minimum absolute atomic E-state index is 0.0512. The molecule has 0 bridgehead atoms. The van der Waals surface area contributed by atoms with Gasteiger partial charge in [-0.05, 0) is 98.4 Å². The van der Waals surface area contributed by atoms with E-state index in [1.807, 2.05) is 6.08 Å². The summed E-state index contributed by atoms with van der Waals surface area (Å²) in [5, 5.41) is 22.1. The van der Waals surface area contributed by atoms with Crippen LogP contribution in [0.4, 0.5) is 0 Å². The zero-order chi connectivity index (χ0) is 23.1. The second kappa shape index (κ2) is 9.17. The molecule has 0 aromatic carbocycles. The Morgan fingerprint density at radius 3 is 2.59 bits per heavy atom. The van der Waals surface area contributed by atoms with Gasteiger partial charge in [-0.15, -0.1) is 0 Å². The Morgan fingerprint density at radius 2 is 1.88 bits per heavy atom. The fraction of sp³-hybridized carbons (Fsp3) is 0.852. The number of halogens is 1. The fourth-order valence-electron chi connectivity index (χ4n) is 8.51. The van der Waals surface area contributed by atoms with E-state index in [4.69, 9.17) is 0 Å². The summed E-state index contributed by atoms with van der Waals surface area (Å²) in [7, 11) is 0. The molecule has 1 unspecified atom stereocenters. The van der Waals surface area contributed by atoms with Gasteiger partial charge >= 0.3 is 5.97 Å². The van der Waals surface area contributed by atoms with Gasteiger partial charge in [-0.2, -0.15) is 0 Å². The van der Waals surface area contributed by atoms with Crippen molar-refractivity contribution in [2.45, 2.75) is 103 Å². The number of carboxylic acids is 1. The zero-order valence-corrected chi connectivity index (χ0v) is 21.5. The number of hydrogen-bond acceptors (Lipinski definition) is 3. The third-order valence-electron chi connectivity index (χ3n) is 10.4. The fourth-order valence-corrected chi connectivity index (χ4v) is 8.91. The first-order chi connectivity index (χ1) is 15.1. The second-order valence-electron chi connectivity index (χ2n) is 11.8. The molecular weight excluding hydrogens is 468 g/mol. The number of aliphatic hydroxyl groups is 1. The van der Waals surface area contributed by atoms with Crippen LogP contribution < -0.4 is 0 Å². The molecule has 0 aliphatic heterocycles. The first-order valence-electron chi connectivity index (χ1n) is 12.9. The first kappa shape index (κ1) is 24.4. The van der Waals surface area contributed by atoms with E-state index < -0.39 is 11.6 Å². The maximum Gasteiger partial charge on any atom is 0.303 e. The quantitative estimate of drug-likeness (QED) is 0.298. The van der Waals surface area contributed by atoms with Crippen molar-refractivity contribution in [1.82, 2.24) is 0 Å². The Hall–Kier alpha value is -0.680. The third-order valence-corrected chi connectivity index (χ3v) is 11.0. The van der Waals surface area contributed by atoms with Gasteiger partial charge in [0.15, 0.2) is 5.78 Å². The topological polar surface area (TPSA) is 74.6 Å². The Bertz CT molecular complexity index is 778. The van der Waals surface area contributed by atoms with Gasteiger partial charge in [0.05, 0.1) is 5.60 Å². The molecule has 2 N–H and O–H groups in total. The molecule has 7 atom stereocenters. The van der Waals surface area contributed by atoms with Gasteiger partial charge in [-0.3, -0.25) is 9.59 Å². The van der Waals surface area contributed by atoms with Gasteiger partial charge in [0.2, 0.25) is 0 Å². The summed E-state index contributed by atoms with van der Waals surface area (Å²) in [5.41, 5.74) is 0.470. The number of ketones is 1. The Labute approximate surface area is 201 Å². The summed E-state index contributed by atoms with van der Waals surface area (Å²) in [4.78, 5) is 23.6. The van der Waals surface area contributed by atoms with Crippen LogP contribution in [0.1, 0.15) is 97.3 Å². The maximum atomic E-state index is 12.3. The van der Waals surface area contributed by atoms with Crippen LogP contribution in [0.3, 0.4) is 0 Å². The highest BCUT2D eigenvalue weighted by Gasteiger charge is 2.65. The second-order valence-corrected chi connectivity index (χ2v) is 12.6. The Kier molecular flexibility index (Phi) is 7.00. The largest absolute Gasteiger partial charge is 0.481 e. The Balaban J connectivity index is 1.64. The minimum Gasteiger partial charge on any atom is -0.481 e. The molecule has 0 amide bonds. The van der Waals surface area contributed by atoms with E-state index in [0.29, 0.717) is 42.3 Å². The van der Waals surface area contributed by atoms with Crippen molar-refractivity contribution in [3.05, 3.63) is 11.6 Å². The van der Waals surface area contributed by atoms with Crippen LogP contribution in [0.15, 0.2) is 11.6 Å². The lowest BCUT2D eigenvalue weighted by molar-refractivity contribution is -0.152. The number of carbonyl (C=O) groups is 2. The van der Waals surface area contributed by atoms with Gasteiger partial charge in [0.25, 0.3) is 0 Å². The molecule has 0 spiro atoms. The van der Waals surface area contributed by atoms with E-state index in [-0.39, 0.29) is 17.3 Å². The van der Waals surface area contributed by atoms with Crippen LogP contribution in [0.5, 0.6) is 0 Å². The maximum absolute atomic E-state index is 12.3. The summed E-state index contributed by atoms with van der Waals surface area (Å²) in [6, 6.07) is 0. The number of rotatable bonds is 8. The highest BCUT2D eigenvalue weighted by Crippen LogP contribution is 2.69. The molecule has 4 aliphatic rings. The molecule has 4 rings (SSSR count). The molecule has 4 aliphatic carbocycles. The first-order valence-corrected chi connectivity index (χ1v) is 14.0. The van der Waals surface area contributed by atoms with E-state index >= 15 is 0 Å². The van der Waals surface area contributed by atoms with E-state index in [1.54, 1.807) is 0 Å². The van der Waals surface area contributed by atoms with E-state index in [9.17, 15) is 19.8 Å². The number of alkyl halides is 1. The lowest BCUT2D eigenvalue weighted by Gasteiger charge is -2.61. The summed E-state index contributed by atoms with van der Waals surface area (Å²) in [5.74, 6) is 1.68. The molecule has 5 heteroatoms. The SMILES string of the molecule is C[C@]12CCC(=O)C=C1CC(CCCCCBr)[C@@H]1[C@@H]2CC[C@@]2(C)[C@H]1CC[C@]2(O)CCC(=O)O. The standard InChI is InChI=1S/C27H41BrO4/c1-25-11-7-20(29)17-19(25)16-18(6-4-3-5-15-28)24-21(25)8-12-26(2)22(24)9-13-27(26,32)14-10-23(30)31/h17-18,21-22,24,32H,3-16H2,1-2H3,(H,30,31)/t18?,21-,22-,24+,25-,26-,27-/m0/s1. The number of unbranched alkanes of at least 4 members (excludes halogenated alkanes) is 2. The number of aliphatic carboxylic acids is 1. The lowest BCUT2D eigenvalue weighted by Crippen LogP contribution is -2.57. The van der Waals surface area contributed by atoms with Crippen molar-refractivity contribution < 1.29 is 19.8 Å². The number of carboxylic acid groups (broad SMARTS) is 1. The van der Waals surface area contributed by atoms with Crippen molar-refractivity contribution in [2.75, 3.05) is 5.33 Å². The van der Waals surface area contributed by atoms with Crippen LogP contribution >= 0.6 is 15.9 Å². The summed E-state index contributed by atoms with van der Waals surface area (Å²) >= 11 is 3.56. The van der Waals surface area contributed by atoms with Gasteiger partial charge < -0.3 is 10.2 Å². The highest BCUT2D eigenvalue weighted by atomic mass is 79.9. The van der Waals surface area contributed by atoms with Crippen molar-refractivity contribution in [3.63, 3.8) is 0 Å². The number of allylic oxidation sites excluding steroid dienone is 1. The number of hydrogen-bond donors (Lipinski definition) is 2. The molecule has 0 radical (unpaired) electrons. The highest BCUT2D eigenvalue weighted by molar-refractivity contribution is 9.09. The van der Waals surface area contributed by atoms with Crippen molar-refractivity contribution in [2.24, 2.45) is 34.5 Å². The van der Waals surface area contributed by atoms with Crippen LogP contribution in [0.25, 0.3) is 0 Å². The van der Waals surface area contributed by atoms with E-state index in [0.717, 1.165) is 43.9 Å². The lowest BCUT2D eigenvalue weighted by atomic mass is 9.43. The zero-order valence-electron chi connectivity index (χ0n) is 19.9. The summed E-state index contributed by atoms with van der Waals surface area (Å²) < 4.78 is 0. The molecule has 0 aromatic heterocycles. The predicted molar refractivity (Wildman–Crippen MR) is 130 cm³/mol. The van der Waals surface area contributed by atoms with E-state index in [1.165, 1.54) is 31.3 Å². The van der Waals surface area contributed by atoms with Crippen LogP contribution in [-0.2, 0) is 9.59 Å². The Morgan fingerprint density at radius 1 is 1.12 bits per heavy atom. The summed E-state index contributed by atoms with van der Waals surface area (Å²) in [6.45, 7) is 4.68. The predicted octanol–water partition coefficient (Wildman–Crippen LogP) is 6.30. The smallest absolute Gasteiger partial charge is 0.303 e. The van der Waals surface area contributed by atoms with E-state index in [2.05, 4.69) is 29.8 Å². The van der Waals surface area contributed by atoms with Gasteiger partial charge in [-0.25, -0.2) is 0 Å². The number of fused-ring (bicyclic) bond motifs is 5. The van der Waals surface area contributed by atoms with Crippen LogP contribution in [0.2, 0.25) is 0 Å². The molecule has 4 nitrogen and oxygen atoms in total. The molecule has 3 saturated carbocycles. The van der Waals surface area contributed by atoms with Gasteiger partial charge in [0.1, 0.15) is 0 Å². The molecule has 3 fully saturated rings. The molecule has 0 heterocycles. The van der Waals surface area contributed by atoms with Gasteiger partial charge in [0, 0.05) is 18.2 Å². The minimum atomic E-state index is -0.860. The molecule has 32 heavy (non-hydrogen) atoms. The normalized spacial score (nSPS) is 43.2. The van der Waals surface area contributed by atoms with Crippen LogP contribution in [-0.4, -0.2) is 32.9 Å². The average Bonchev–Trinajstić information content (AvgIpc) is 3.02. The van der Waals surface area contributed by atoms with Crippen molar-refractivity contribution >= 4 is 27.7 Å². The monoisotopic (exact) mass is 508 g/mol. The van der Waals surface area contributed by atoms with Crippen molar-refractivity contribution in [1.29, 1.82) is 0 Å². The van der Waals surface area contributed by atoms with Crippen LogP contribution in [0, 0.1) is 34.5 Å². The molecule has 180 valence electrons. The molecule has 0 aromatic rings. The number of carbonyl (C=O) groups excluding carboxylic acids is 1. The molecular formula is C27H41BrO4. The average molecular weight is 510 g/mol. The summed E-state index contributed by atoms with van der Waals surface area (Å²) in [6.07, 6.45) is 13.8.